The lowest BCUT2D eigenvalue weighted by molar-refractivity contribution is -0.128. The van der Waals surface area contributed by atoms with Gasteiger partial charge in [-0.1, -0.05) is 12.1 Å². The number of nitrogens with zero attached hydrogens (tertiary/aromatic N) is 4. The Labute approximate surface area is 253 Å². The monoisotopic (exact) mass is 605 g/mol. The highest BCUT2D eigenvalue weighted by Crippen LogP contribution is 2.27. The second-order valence-electron chi connectivity index (χ2n) is 10.1. The van der Waals surface area contributed by atoms with Gasteiger partial charge in [-0.05, 0) is 79.2 Å². The molecule has 1 aliphatic rings. The molecule has 0 saturated carbocycles. The Kier molecular flexibility index (Phi) is 9.35. The number of amides is 2. The van der Waals surface area contributed by atoms with Crippen LogP contribution in [0.15, 0.2) is 66.9 Å². The highest BCUT2D eigenvalue weighted by molar-refractivity contribution is 7.71. The molecule has 2 aromatic heterocycles. The number of methoxy groups -OCH3 is 1. The van der Waals surface area contributed by atoms with E-state index in [1.807, 2.05) is 29.2 Å². The zero-order valence-corrected chi connectivity index (χ0v) is 24.5. The second-order valence-corrected chi connectivity index (χ2v) is 10.4. The summed E-state index contributed by atoms with van der Waals surface area (Å²) in [5.74, 6) is 0.752. The normalized spacial score (nSPS) is 12.9. The summed E-state index contributed by atoms with van der Waals surface area (Å²) in [5, 5.41) is 14.0. The van der Waals surface area contributed by atoms with Crippen LogP contribution in [-0.2, 0) is 29.0 Å². The molecule has 10 nitrogen and oxygen atoms in total. The van der Waals surface area contributed by atoms with Crippen LogP contribution in [-0.4, -0.2) is 62.7 Å². The molecule has 2 aromatic carbocycles. The number of aromatic hydroxyl groups is 1. The smallest absolute Gasteiger partial charge is 0.231 e. The van der Waals surface area contributed by atoms with Gasteiger partial charge < -0.3 is 29.4 Å². The Morgan fingerprint density at radius 1 is 1.07 bits per heavy atom. The molecule has 4 aromatic rings. The molecular formula is C31H32FN5O5S. The van der Waals surface area contributed by atoms with Crippen molar-refractivity contribution in [1.82, 2.24) is 19.0 Å². The molecule has 43 heavy (non-hydrogen) atoms. The maximum Gasteiger partial charge on any atom is 0.231 e. The average Bonchev–Trinajstić information content (AvgIpc) is 3.52. The van der Waals surface area contributed by atoms with Crippen molar-refractivity contribution in [3.05, 3.63) is 88.7 Å². The van der Waals surface area contributed by atoms with Crippen molar-refractivity contribution in [2.75, 3.05) is 32.1 Å². The molecule has 224 valence electrons. The molecule has 0 bridgehead atoms. The van der Waals surface area contributed by atoms with Gasteiger partial charge >= 0.3 is 0 Å². The fraction of sp³-hybridized carbons (Fsp3) is 0.290. The van der Waals surface area contributed by atoms with E-state index in [4.69, 9.17) is 21.7 Å². The third kappa shape index (κ3) is 7.20. The molecule has 0 atom stereocenters. The number of halogens is 1. The summed E-state index contributed by atoms with van der Waals surface area (Å²) in [6, 6.07) is 16.5. The van der Waals surface area contributed by atoms with Gasteiger partial charge in [0.05, 0.1) is 37.7 Å². The van der Waals surface area contributed by atoms with Crippen LogP contribution in [0.1, 0.15) is 24.1 Å². The Morgan fingerprint density at radius 3 is 2.47 bits per heavy atom. The number of benzene rings is 2. The van der Waals surface area contributed by atoms with Gasteiger partial charge in [0.25, 0.3) is 0 Å². The van der Waals surface area contributed by atoms with Crippen LogP contribution in [0.5, 0.6) is 17.4 Å². The van der Waals surface area contributed by atoms with Crippen LogP contribution in [0, 0.1) is 10.6 Å². The highest BCUT2D eigenvalue weighted by Gasteiger charge is 2.22. The summed E-state index contributed by atoms with van der Waals surface area (Å²) in [7, 11) is 1.53. The minimum Gasteiger partial charge on any atom is -0.495 e. The van der Waals surface area contributed by atoms with Crippen LogP contribution in [0.25, 0.3) is 5.69 Å². The number of aryl methyl sites for hydroxylation is 1. The fourth-order valence-corrected chi connectivity index (χ4v) is 5.32. The van der Waals surface area contributed by atoms with E-state index in [2.05, 4.69) is 10.3 Å². The molecule has 0 spiro atoms. The number of pyridine rings is 1. The van der Waals surface area contributed by atoms with Crippen LogP contribution < -0.4 is 14.8 Å². The quantitative estimate of drug-likeness (QED) is 0.226. The van der Waals surface area contributed by atoms with E-state index in [9.17, 15) is 19.1 Å². The number of nitrogens with one attached hydrogen (secondary N) is 1. The number of carbonyl (C=O) groups excluding carboxylic acids is 2. The number of hydrogen-bond donors (Lipinski definition) is 2. The van der Waals surface area contributed by atoms with Gasteiger partial charge in [0, 0.05) is 19.5 Å². The summed E-state index contributed by atoms with van der Waals surface area (Å²) in [6.45, 7) is 2.15. The Bertz CT molecular complexity index is 1640. The van der Waals surface area contributed by atoms with Gasteiger partial charge in [0.2, 0.25) is 17.7 Å². The third-order valence-electron chi connectivity index (χ3n) is 7.22. The topological polar surface area (TPSA) is 111 Å². The summed E-state index contributed by atoms with van der Waals surface area (Å²) >= 11 is 5.73. The van der Waals surface area contributed by atoms with E-state index >= 15 is 0 Å². The Hall–Kier alpha value is -4.71. The predicted molar refractivity (Wildman–Crippen MR) is 161 cm³/mol. The lowest BCUT2D eigenvalue weighted by Gasteiger charge is -2.16. The summed E-state index contributed by atoms with van der Waals surface area (Å²) in [4.78, 5) is 30.8. The molecular weight excluding hydrogens is 573 g/mol. The first-order valence-electron chi connectivity index (χ1n) is 13.9. The zero-order chi connectivity index (χ0) is 30.3. The number of ether oxygens (including phenoxy) is 2. The summed E-state index contributed by atoms with van der Waals surface area (Å²) in [6.07, 6.45) is 3.37. The molecule has 1 fully saturated rings. The van der Waals surface area contributed by atoms with E-state index in [0.29, 0.717) is 61.2 Å². The van der Waals surface area contributed by atoms with E-state index in [-0.39, 0.29) is 23.0 Å². The van der Waals surface area contributed by atoms with Crippen molar-refractivity contribution in [2.45, 2.75) is 32.2 Å². The molecule has 0 unspecified atom stereocenters. The van der Waals surface area contributed by atoms with Crippen LogP contribution in [0.3, 0.4) is 0 Å². The molecule has 0 radical (unpaired) electrons. The largest absolute Gasteiger partial charge is 0.495 e. The molecule has 1 aliphatic heterocycles. The maximum absolute atomic E-state index is 13.6. The predicted octanol–water partition coefficient (Wildman–Crippen LogP) is 4.68. The Morgan fingerprint density at radius 2 is 1.81 bits per heavy atom. The first kappa shape index (κ1) is 29.8. The summed E-state index contributed by atoms with van der Waals surface area (Å²) < 4.78 is 27.9. The molecule has 2 amide bonds. The van der Waals surface area contributed by atoms with Crippen molar-refractivity contribution in [3.8, 4) is 23.1 Å². The van der Waals surface area contributed by atoms with Crippen molar-refractivity contribution >= 4 is 29.9 Å². The lowest BCUT2D eigenvalue weighted by Crippen LogP contribution is -2.29. The number of aromatic nitrogens is 3. The number of likely N-dealkylation sites (tertiary alicyclic amines) is 1. The standard InChI is InChI=1S/C31H32FN5O5S/c1-41-25-12-13-27(33-20-25)34-28(38)19-26-30(40)37(23-8-6-22(32)7-9-23)31(43)36(26)16-14-21-4-10-24(11-5-21)42-18-17-35-15-2-3-29(35)39/h4-13,20,40H,2-3,14-19H2,1H3,(H,33,34,38). The maximum atomic E-state index is 13.6. The van der Waals surface area contributed by atoms with Gasteiger partial charge in [0.15, 0.2) is 4.77 Å². The average molecular weight is 606 g/mol. The molecule has 2 N–H and O–H groups in total. The minimum atomic E-state index is -0.419. The summed E-state index contributed by atoms with van der Waals surface area (Å²) in [5.41, 5.74) is 1.78. The number of anilines is 1. The van der Waals surface area contributed by atoms with Crippen molar-refractivity contribution in [1.29, 1.82) is 0 Å². The van der Waals surface area contributed by atoms with Gasteiger partial charge in [-0.3, -0.25) is 14.2 Å². The van der Waals surface area contributed by atoms with Crippen LogP contribution in [0.4, 0.5) is 10.2 Å². The molecule has 1 saturated heterocycles. The Balaban J connectivity index is 1.30. The SMILES string of the molecule is COc1ccc(NC(=O)Cc2c(O)n(-c3ccc(F)cc3)c(=S)n2CCc2ccc(OCCN3CCCC3=O)cc2)nc1. The van der Waals surface area contributed by atoms with Crippen molar-refractivity contribution in [3.63, 3.8) is 0 Å². The number of rotatable bonds is 12. The van der Waals surface area contributed by atoms with Crippen molar-refractivity contribution in [2.24, 2.45) is 0 Å². The zero-order valence-electron chi connectivity index (χ0n) is 23.7. The van der Waals surface area contributed by atoms with Crippen LogP contribution in [0.2, 0.25) is 0 Å². The lowest BCUT2D eigenvalue weighted by atomic mass is 10.1. The van der Waals surface area contributed by atoms with E-state index in [1.54, 1.807) is 16.7 Å². The van der Waals surface area contributed by atoms with Gasteiger partial charge in [0.1, 0.15) is 29.7 Å². The van der Waals surface area contributed by atoms with Crippen molar-refractivity contribution < 1.29 is 28.6 Å². The van der Waals surface area contributed by atoms with E-state index in [0.717, 1.165) is 18.5 Å². The third-order valence-corrected chi connectivity index (χ3v) is 7.62. The highest BCUT2D eigenvalue weighted by atomic mass is 32.1. The molecule has 3 heterocycles. The minimum absolute atomic E-state index is 0.172. The fourth-order valence-electron chi connectivity index (χ4n) is 4.93. The van der Waals surface area contributed by atoms with E-state index in [1.165, 1.54) is 42.1 Å². The number of hydrogen-bond acceptors (Lipinski definition) is 7. The number of carbonyl (C=O) groups is 2. The number of imidazole rings is 1. The first-order valence-corrected chi connectivity index (χ1v) is 14.3. The van der Waals surface area contributed by atoms with Gasteiger partial charge in [-0.25, -0.2) is 9.37 Å². The first-order chi connectivity index (χ1) is 20.8. The second kappa shape index (κ2) is 13.5. The van der Waals surface area contributed by atoms with E-state index < -0.39 is 11.7 Å². The van der Waals surface area contributed by atoms with Crippen LogP contribution >= 0.6 is 12.2 Å². The molecule has 12 heteroatoms. The molecule has 0 aliphatic carbocycles. The van der Waals surface area contributed by atoms with Gasteiger partial charge in [-0.2, -0.15) is 0 Å². The van der Waals surface area contributed by atoms with Gasteiger partial charge in [-0.15, -0.1) is 0 Å². The molecule has 5 rings (SSSR count).